The smallest absolute Gasteiger partial charge is 0.331 e. The van der Waals surface area contributed by atoms with Crippen LogP contribution in [-0.4, -0.2) is 20.0 Å². The Morgan fingerprint density at radius 2 is 1.76 bits per heavy atom. The molecule has 0 saturated carbocycles. The van der Waals surface area contributed by atoms with Crippen molar-refractivity contribution in [3.63, 3.8) is 0 Å². The number of carbonyl (C=O) groups excluding carboxylic acids is 1. The number of nitro groups is 1. The summed E-state index contributed by atoms with van der Waals surface area (Å²) < 4.78 is 3.25. The van der Waals surface area contributed by atoms with Crippen LogP contribution in [0.15, 0.2) is 69.6 Å². The summed E-state index contributed by atoms with van der Waals surface area (Å²) in [4.78, 5) is 48.8. The van der Waals surface area contributed by atoms with Crippen LogP contribution in [0.4, 0.5) is 5.69 Å². The standard InChI is InChI=1S/C26H25ClN4O5S/c27-21-7-4-3-6-19(21)16-28-23(32)8-2-1-5-14-29-25(33)24-22(13-15-37-24)30(26(29)34)17-18-9-11-20(12-10-18)31(35)36/h3-4,6-7,9-13,15H,1-2,5,8,14,16-17H2,(H,28,32). The third-order valence-electron chi connectivity index (χ3n) is 6.04. The van der Waals surface area contributed by atoms with Crippen molar-refractivity contribution in [2.24, 2.45) is 0 Å². The molecule has 11 heteroatoms. The Morgan fingerprint density at radius 3 is 2.49 bits per heavy atom. The zero-order chi connectivity index (χ0) is 26.4. The molecular weight excluding hydrogens is 516 g/mol. The Bertz CT molecular complexity index is 1540. The maximum absolute atomic E-state index is 13.2. The van der Waals surface area contributed by atoms with Gasteiger partial charge in [-0.25, -0.2) is 4.79 Å². The number of aromatic nitrogens is 2. The second-order valence-corrected chi connectivity index (χ2v) is 9.89. The van der Waals surface area contributed by atoms with Crippen LogP contribution in [0.25, 0.3) is 10.2 Å². The number of non-ortho nitro benzene ring substituents is 1. The van der Waals surface area contributed by atoms with Crippen LogP contribution in [0.1, 0.15) is 36.8 Å². The lowest BCUT2D eigenvalue weighted by atomic mass is 10.1. The topological polar surface area (TPSA) is 116 Å². The highest BCUT2D eigenvalue weighted by Gasteiger charge is 2.15. The van der Waals surface area contributed by atoms with E-state index in [1.807, 2.05) is 18.2 Å². The summed E-state index contributed by atoms with van der Waals surface area (Å²) in [6, 6.07) is 15.1. The van der Waals surface area contributed by atoms with Gasteiger partial charge in [-0.05, 0) is 41.5 Å². The molecule has 9 nitrogen and oxygen atoms in total. The van der Waals surface area contributed by atoms with Crippen molar-refractivity contribution in [2.75, 3.05) is 0 Å². The maximum atomic E-state index is 13.2. The van der Waals surface area contributed by atoms with E-state index in [1.165, 1.54) is 32.6 Å². The van der Waals surface area contributed by atoms with E-state index in [0.29, 0.717) is 53.0 Å². The van der Waals surface area contributed by atoms with Crippen LogP contribution in [-0.2, 0) is 24.4 Å². The molecule has 2 aromatic heterocycles. The molecular formula is C26H25ClN4O5S. The largest absolute Gasteiger partial charge is 0.352 e. The number of halogens is 1. The van der Waals surface area contributed by atoms with Gasteiger partial charge in [-0.15, -0.1) is 11.3 Å². The predicted molar refractivity (Wildman–Crippen MR) is 144 cm³/mol. The second kappa shape index (κ2) is 12.0. The van der Waals surface area contributed by atoms with E-state index in [4.69, 9.17) is 11.6 Å². The fraction of sp³-hybridized carbons (Fsp3) is 0.269. The summed E-state index contributed by atoms with van der Waals surface area (Å²) in [6.07, 6.45) is 2.21. The van der Waals surface area contributed by atoms with Crippen molar-refractivity contribution in [2.45, 2.75) is 45.3 Å². The highest BCUT2D eigenvalue weighted by Crippen LogP contribution is 2.18. The molecule has 1 amide bonds. The molecule has 0 aliphatic heterocycles. The third-order valence-corrected chi connectivity index (χ3v) is 7.30. The van der Waals surface area contributed by atoms with E-state index in [1.54, 1.807) is 29.6 Å². The minimum atomic E-state index is -0.476. The average Bonchev–Trinajstić information content (AvgIpc) is 3.38. The van der Waals surface area contributed by atoms with Gasteiger partial charge in [0.1, 0.15) is 4.70 Å². The Hall–Kier alpha value is -3.76. The molecule has 0 radical (unpaired) electrons. The van der Waals surface area contributed by atoms with Gasteiger partial charge in [0.25, 0.3) is 11.2 Å². The molecule has 0 fully saturated rings. The molecule has 0 spiro atoms. The fourth-order valence-corrected chi connectivity index (χ4v) is 5.09. The monoisotopic (exact) mass is 540 g/mol. The number of nitrogens with one attached hydrogen (secondary N) is 1. The van der Waals surface area contributed by atoms with Crippen LogP contribution in [0, 0.1) is 10.1 Å². The number of nitro benzene ring substituents is 1. The Balaban J connectivity index is 1.37. The summed E-state index contributed by atoms with van der Waals surface area (Å²) in [6.45, 7) is 0.798. The van der Waals surface area contributed by atoms with Crippen LogP contribution in [0.5, 0.6) is 0 Å². The first-order valence-electron chi connectivity index (χ1n) is 11.8. The van der Waals surface area contributed by atoms with Crippen molar-refractivity contribution in [1.82, 2.24) is 14.5 Å². The van der Waals surface area contributed by atoms with Gasteiger partial charge in [0.05, 0.1) is 17.0 Å². The van der Waals surface area contributed by atoms with Crippen molar-refractivity contribution >= 4 is 44.7 Å². The van der Waals surface area contributed by atoms with Crippen molar-refractivity contribution < 1.29 is 9.72 Å². The first kappa shape index (κ1) is 26.3. The number of hydrogen-bond acceptors (Lipinski definition) is 6. The first-order valence-corrected chi connectivity index (χ1v) is 13.0. The number of thiophene rings is 1. The molecule has 1 N–H and O–H groups in total. The molecule has 2 aromatic carbocycles. The molecule has 4 aromatic rings. The molecule has 0 aliphatic rings. The van der Waals surface area contributed by atoms with Crippen LogP contribution >= 0.6 is 22.9 Å². The summed E-state index contributed by atoms with van der Waals surface area (Å²) in [5.41, 5.74) is 1.34. The van der Waals surface area contributed by atoms with E-state index in [0.717, 1.165) is 5.56 Å². The normalized spacial score (nSPS) is 11.1. The van der Waals surface area contributed by atoms with E-state index < -0.39 is 10.6 Å². The van der Waals surface area contributed by atoms with Crippen LogP contribution in [0.2, 0.25) is 5.02 Å². The summed E-state index contributed by atoms with van der Waals surface area (Å²) in [7, 11) is 0. The number of fused-ring (bicyclic) bond motifs is 1. The second-order valence-electron chi connectivity index (χ2n) is 8.56. The van der Waals surface area contributed by atoms with Crippen molar-refractivity contribution in [3.8, 4) is 0 Å². The van der Waals surface area contributed by atoms with Crippen LogP contribution in [0.3, 0.4) is 0 Å². The molecule has 4 rings (SSSR count). The van der Waals surface area contributed by atoms with Gasteiger partial charge in [0, 0.05) is 36.7 Å². The van der Waals surface area contributed by atoms with E-state index >= 15 is 0 Å². The first-order chi connectivity index (χ1) is 17.8. The van der Waals surface area contributed by atoms with Gasteiger partial charge in [-0.2, -0.15) is 0 Å². The van der Waals surface area contributed by atoms with Gasteiger partial charge in [-0.3, -0.25) is 28.8 Å². The van der Waals surface area contributed by atoms with E-state index in [-0.39, 0.29) is 30.2 Å². The van der Waals surface area contributed by atoms with Crippen molar-refractivity contribution in [3.05, 3.63) is 107 Å². The predicted octanol–water partition coefficient (Wildman–Crippen LogP) is 4.71. The molecule has 0 aliphatic carbocycles. The number of carbonyl (C=O) groups is 1. The molecule has 0 saturated heterocycles. The maximum Gasteiger partial charge on any atom is 0.331 e. The molecule has 0 unspecified atom stereocenters. The molecule has 0 atom stereocenters. The summed E-state index contributed by atoms with van der Waals surface area (Å²) in [5.74, 6) is -0.0810. The Labute approximate surface area is 221 Å². The average molecular weight is 541 g/mol. The molecule has 192 valence electrons. The lowest BCUT2D eigenvalue weighted by molar-refractivity contribution is -0.384. The number of unbranched alkanes of at least 4 members (excludes halogenated alkanes) is 2. The highest BCUT2D eigenvalue weighted by atomic mass is 35.5. The summed E-state index contributed by atoms with van der Waals surface area (Å²) >= 11 is 7.39. The molecule has 37 heavy (non-hydrogen) atoms. The van der Waals surface area contributed by atoms with Crippen LogP contribution < -0.4 is 16.6 Å². The van der Waals surface area contributed by atoms with Gasteiger partial charge in [-0.1, -0.05) is 48.4 Å². The SMILES string of the molecule is O=C(CCCCCn1c(=O)c2sccc2n(Cc2ccc([N+](=O)[O-])cc2)c1=O)NCc1ccccc1Cl. The van der Waals surface area contributed by atoms with E-state index in [9.17, 15) is 24.5 Å². The van der Waals surface area contributed by atoms with Crippen molar-refractivity contribution in [1.29, 1.82) is 0 Å². The number of benzene rings is 2. The number of nitrogens with zero attached hydrogens (tertiary/aromatic N) is 3. The fourth-order valence-electron chi connectivity index (χ4n) is 4.05. The molecule has 0 bridgehead atoms. The minimum Gasteiger partial charge on any atom is -0.352 e. The lowest BCUT2D eigenvalue weighted by Crippen LogP contribution is -2.39. The highest BCUT2D eigenvalue weighted by molar-refractivity contribution is 7.17. The lowest BCUT2D eigenvalue weighted by Gasteiger charge is -2.12. The Morgan fingerprint density at radius 1 is 1.00 bits per heavy atom. The number of hydrogen-bond donors (Lipinski definition) is 1. The quantitative estimate of drug-likeness (QED) is 0.168. The van der Waals surface area contributed by atoms with Gasteiger partial charge in [0.15, 0.2) is 0 Å². The zero-order valence-electron chi connectivity index (χ0n) is 19.9. The van der Waals surface area contributed by atoms with E-state index in [2.05, 4.69) is 5.32 Å². The Kier molecular flexibility index (Phi) is 8.52. The van der Waals surface area contributed by atoms with Gasteiger partial charge < -0.3 is 5.32 Å². The van der Waals surface area contributed by atoms with Gasteiger partial charge >= 0.3 is 5.69 Å². The number of rotatable bonds is 11. The number of amides is 1. The molecule has 2 heterocycles. The minimum absolute atomic E-state index is 0.0284. The third kappa shape index (κ3) is 6.33. The van der Waals surface area contributed by atoms with Gasteiger partial charge in [0.2, 0.25) is 5.91 Å². The zero-order valence-corrected chi connectivity index (χ0v) is 21.5. The summed E-state index contributed by atoms with van der Waals surface area (Å²) in [5, 5.41) is 16.2.